The molecule has 0 aliphatic carbocycles. The number of amides is 1. The number of carbonyl (C=O) groups excluding carboxylic acids is 1. The summed E-state index contributed by atoms with van der Waals surface area (Å²) in [7, 11) is -3.77. The second-order valence-corrected chi connectivity index (χ2v) is 8.45. The number of nitrogens with zero attached hydrogens (tertiary/aromatic N) is 2. The van der Waals surface area contributed by atoms with Gasteiger partial charge in [0.1, 0.15) is 5.82 Å². The minimum absolute atomic E-state index is 0.0804. The third-order valence-corrected chi connectivity index (χ3v) is 6.38. The van der Waals surface area contributed by atoms with Crippen LogP contribution in [0.2, 0.25) is 5.02 Å². The predicted molar refractivity (Wildman–Crippen MR) is 102 cm³/mol. The highest BCUT2D eigenvalue weighted by Gasteiger charge is 2.29. The second-order valence-electron chi connectivity index (χ2n) is 6.08. The molecular formula is C19H18ClFN2O3S. The van der Waals surface area contributed by atoms with E-state index in [9.17, 15) is 17.6 Å². The van der Waals surface area contributed by atoms with Gasteiger partial charge in [0.25, 0.3) is 0 Å². The molecule has 5 nitrogen and oxygen atoms in total. The van der Waals surface area contributed by atoms with Crippen LogP contribution in [0, 0.1) is 5.82 Å². The molecule has 1 amide bonds. The summed E-state index contributed by atoms with van der Waals surface area (Å²) in [5.41, 5.74) is 0.808. The van der Waals surface area contributed by atoms with Gasteiger partial charge in [0.05, 0.1) is 4.90 Å². The molecule has 1 aliphatic heterocycles. The van der Waals surface area contributed by atoms with Gasteiger partial charge < -0.3 is 4.90 Å². The first-order valence-electron chi connectivity index (χ1n) is 8.34. The highest BCUT2D eigenvalue weighted by atomic mass is 35.5. The van der Waals surface area contributed by atoms with Crippen molar-refractivity contribution in [2.75, 3.05) is 26.2 Å². The summed E-state index contributed by atoms with van der Waals surface area (Å²) in [5, 5.41) is 0.584. The van der Waals surface area contributed by atoms with E-state index < -0.39 is 15.8 Å². The quantitative estimate of drug-likeness (QED) is 0.731. The zero-order valence-corrected chi connectivity index (χ0v) is 16.0. The fourth-order valence-corrected chi connectivity index (χ4v) is 4.46. The zero-order chi connectivity index (χ0) is 19.4. The molecule has 0 spiro atoms. The van der Waals surface area contributed by atoms with Crippen LogP contribution in [0.1, 0.15) is 5.56 Å². The SMILES string of the molecule is O=C(/C=C/c1cccc(Cl)c1)N1CCN(S(=O)(=O)c2cccc(F)c2)CC1. The Bertz CT molecular complexity index is 970. The van der Waals surface area contributed by atoms with Crippen LogP contribution in [-0.2, 0) is 14.8 Å². The second kappa shape index (κ2) is 8.21. The number of benzene rings is 2. The third-order valence-electron chi connectivity index (χ3n) is 4.25. The van der Waals surface area contributed by atoms with E-state index >= 15 is 0 Å². The fourth-order valence-electron chi connectivity index (χ4n) is 2.81. The van der Waals surface area contributed by atoms with Crippen LogP contribution in [0.15, 0.2) is 59.5 Å². The number of halogens is 2. The molecule has 0 atom stereocenters. The van der Waals surface area contributed by atoms with E-state index in [2.05, 4.69) is 0 Å². The van der Waals surface area contributed by atoms with E-state index in [-0.39, 0.29) is 37.0 Å². The Morgan fingerprint density at radius 1 is 1.04 bits per heavy atom. The molecule has 0 N–H and O–H groups in total. The van der Waals surface area contributed by atoms with E-state index in [0.29, 0.717) is 5.02 Å². The average molecular weight is 409 g/mol. The van der Waals surface area contributed by atoms with Crippen molar-refractivity contribution in [1.82, 2.24) is 9.21 Å². The summed E-state index contributed by atoms with van der Waals surface area (Å²) in [6.07, 6.45) is 3.12. The first-order chi connectivity index (χ1) is 12.9. The van der Waals surface area contributed by atoms with Crippen LogP contribution in [0.4, 0.5) is 4.39 Å². The van der Waals surface area contributed by atoms with E-state index in [0.717, 1.165) is 11.6 Å². The summed E-state index contributed by atoms with van der Waals surface area (Å²) in [6.45, 7) is 0.867. The largest absolute Gasteiger partial charge is 0.337 e. The summed E-state index contributed by atoms with van der Waals surface area (Å²) in [4.78, 5) is 13.8. The van der Waals surface area contributed by atoms with Crippen molar-refractivity contribution in [3.63, 3.8) is 0 Å². The Morgan fingerprint density at radius 2 is 1.74 bits per heavy atom. The van der Waals surface area contributed by atoms with Gasteiger partial charge in [-0.15, -0.1) is 0 Å². The van der Waals surface area contributed by atoms with Crippen molar-refractivity contribution >= 4 is 33.6 Å². The number of hydrogen-bond acceptors (Lipinski definition) is 3. The fraction of sp³-hybridized carbons (Fsp3) is 0.211. The van der Waals surface area contributed by atoms with Crippen LogP contribution in [0.25, 0.3) is 6.08 Å². The van der Waals surface area contributed by atoms with Gasteiger partial charge in [-0.3, -0.25) is 4.79 Å². The van der Waals surface area contributed by atoms with Crippen LogP contribution in [0.3, 0.4) is 0 Å². The maximum absolute atomic E-state index is 13.3. The van der Waals surface area contributed by atoms with Gasteiger partial charge in [0.15, 0.2) is 0 Å². The molecule has 0 unspecified atom stereocenters. The van der Waals surface area contributed by atoms with Crippen LogP contribution in [-0.4, -0.2) is 49.7 Å². The molecule has 0 bridgehead atoms. The Hall–Kier alpha value is -2.22. The first kappa shape index (κ1) is 19.5. The first-order valence-corrected chi connectivity index (χ1v) is 10.2. The van der Waals surface area contributed by atoms with Crippen LogP contribution >= 0.6 is 11.6 Å². The lowest BCUT2D eigenvalue weighted by molar-refractivity contribution is -0.127. The van der Waals surface area contributed by atoms with E-state index in [1.807, 2.05) is 6.07 Å². The summed E-state index contributed by atoms with van der Waals surface area (Å²) in [6, 6.07) is 12.0. The molecule has 27 heavy (non-hydrogen) atoms. The highest BCUT2D eigenvalue weighted by molar-refractivity contribution is 7.89. The van der Waals surface area contributed by atoms with Crippen molar-refractivity contribution in [2.24, 2.45) is 0 Å². The molecule has 0 saturated carbocycles. The number of piperazine rings is 1. The lowest BCUT2D eigenvalue weighted by Crippen LogP contribution is -2.50. The Morgan fingerprint density at radius 3 is 2.41 bits per heavy atom. The van der Waals surface area contributed by atoms with Crippen molar-refractivity contribution in [1.29, 1.82) is 0 Å². The van der Waals surface area contributed by atoms with Crippen molar-refractivity contribution < 1.29 is 17.6 Å². The lowest BCUT2D eigenvalue weighted by atomic mass is 10.2. The maximum Gasteiger partial charge on any atom is 0.246 e. The standard InChI is InChI=1S/C19H18ClFN2O3S/c20-16-4-1-3-15(13-16)7-8-19(24)22-9-11-23(12-10-22)27(25,26)18-6-2-5-17(21)14-18/h1-8,13-14H,9-12H2/b8-7+. The van der Waals surface area contributed by atoms with Crippen molar-refractivity contribution in [3.8, 4) is 0 Å². The molecule has 2 aromatic rings. The molecule has 142 valence electrons. The number of carbonyl (C=O) groups is 1. The molecule has 0 aromatic heterocycles. The van der Waals surface area contributed by atoms with Gasteiger partial charge in [-0.1, -0.05) is 29.8 Å². The zero-order valence-electron chi connectivity index (χ0n) is 14.4. The number of rotatable bonds is 4. The monoisotopic (exact) mass is 408 g/mol. The van der Waals surface area contributed by atoms with Gasteiger partial charge in [0, 0.05) is 37.3 Å². The molecule has 1 aliphatic rings. The molecule has 8 heteroatoms. The van der Waals surface area contributed by atoms with Gasteiger partial charge in [-0.2, -0.15) is 4.31 Å². The minimum atomic E-state index is -3.77. The van der Waals surface area contributed by atoms with E-state index in [4.69, 9.17) is 11.6 Å². The summed E-state index contributed by atoms with van der Waals surface area (Å²) >= 11 is 5.91. The third kappa shape index (κ3) is 4.74. The highest BCUT2D eigenvalue weighted by Crippen LogP contribution is 2.19. The average Bonchev–Trinajstić information content (AvgIpc) is 2.66. The lowest BCUT2D eigenvalue weighted by Gasteiger charge is -2.33. The van der Waals surface area contributed by atoms with Gasteiger partial charge in [0.2, 0.25) is 15.9 Å². The predicted octanol–water partition coefficient (Wildman–Crippen LogP) is 3.03. The molecule has 3 rings (SSSR count). The van der Waals surface area contributed by atoms with Gasteiger partial charge >= 0.3 is 0 Å². The molecular weight excluding hydrogens is 391 g/mol. The van der Waals surface area contributed by atoms with Crippen molar-refractivity contribution in [2.45, 2.75) is 4.90 Å². The molecule has 2 aromatic carbocycles. The van der Waals surface area contributed by atoms with E-state index in [1.54, 1.807) is 29.2 Å². The Balaban J connectivity index is 1.62. The molecule has 1 saturated heterocycles. The Labute approximate surface area is 162 Å². The van der Waals surface area contributed by atoms with E-state index in [1.165, 1.54) is 28.6 Å². The summed E-state index contributed by atoms with van der Waals surface area (Å²) < 4.78 is 39.8. The molecule has 1 fully saturated rings. The van der Waals surface area contributed by atoms with Gasteiger partial charge in [-0.25, -0.2) is 12.8 Å². The normalized spacial score (nSPS) is 16.0. The topological polar surface area (TPSA) is 57.7 Å². The smallest absolute Gasteiger partial charge is 0.246 e. The number of hydrogen-bond donors (Lipinski definition) is 0. The summed E-state index contributed by atoms with van der Waals surface area (Å²) in [5.74, 6) is -0.797. The molecule has 1 heterocycles. The van der Waals surface area contributed by atoms with Crippen molar-refractivity contribution in [3.05, 3.63) is 71.0 Å². The molecule has 0 radical (unpaired) electrons. The number of sulfonamides is 1. The Kier molecular flexibility index (Phi) is 5.94. The minimum Gasteiger partial charge on any atom is -0.337 e. The van der Waals surface area contributed by atoms with Crippen LogP contribution in [0.5, 0.6) is 0 Å². The maximum atomic E-state index is 13.3. The van der Waals surface area contributed by atoms with Gasteiger partial charge in [-0.05, 0) is 42.0 Å². The van der Waals surface area contributed by atoms with Crippen LogP contribution < -0.4 is 0 Å².